The number of imide groups is 1. The first-order chi connectivity index (χ1) is 15.2. The summed E-state index contributed by atoms with van der Waals surface area (Å²) in [6.07, 6.45) is 2.56. The third-order valence-corrected chi connectivity index (χ3v) is 5.27. The van der Waals surface area contributed by atoms with Gasteiger partial charge in [0, 0.05) is 12.1 Å². The summed E-state index contributed by atoms with van der Waals surface area (Å²) in [6.45, 7) is 1.41. The van der Waals surface area contributed by atoms with Gasteiger partial charge in [-0.15, -0.1) is 0 Å². The number of hydrogen-bond donors (Lipinski definition) is 0. The van der Waals surface area contributed by atoms with Crippen LogP contribution in [0.25, 0.3) is 6.08 Å². The average molecular weight is 459 g/mol. The van der Waals surface area contributed by atoms with Gasteiger partial charge < -0.3 is 14.2 Å². The molecule has 1 aromatic carbocycles. The maximum Gasteiger partial charge on any atom is 0.328 e. The van der Waals surface area contributed by atoms with Crippen LogP contribution in [-0.2, 0) is 14.3 Å². The van der Waals surface area contributed by atoms with Crippen LogP contribution in [0.4, 0.5) is 10.5 Å². The molecule has 11 nitrogen and oxygen atoms in total. The van der Waals surface area contributed by atoms with Gasteiger partial charge in [-0.2, -0.15) is 0 Å². The minimum absolute atomic E-state index is 0.125. The third kappa shape index (κ3) is 4.70. The third-order valence-electron chi connectivity index (χ3n) is 4.38. The Morgan fingerprint density at radius 1 is 1.22 bits per heavy atom. The Morgan fingerprint density at radius 2 is 1.97 bits per heavy atom. The standard InChI is InChI=1S/C20H17N3O8S/c1-11(19(25)30-3)22-18(24)16(32-20(22)26)9-12-4-6-14(15(8-12)29-2)31-17-7-5-13(10-21-17)23(27)28/h4-11H,1-3H3/b16-9+. The van der Waals surface area contributed by atoms with E-state index >= 15 is 0 Å². The fraction of sp³-hybridized carbons (Fsp3) is 0.200. The second-order valence-corrected chi connectivity index (χ2v) is 7.37. The van der Waals surface area contributed by atoms with Crippen molar-refractivity contribution in [1.29, 1.82) is 0 Å². The van der Waals surface area contributed by atoms with E-state index in [9.17, 15) is 24.5 Å². The Morgan fingerprint density at radius 3 is 2.56 bits per heavy atom. The Kier molecular flexibility index (Phi) is 6.73. The van der Waals surface area contributed by atoms with Crippen molar-refractivity contribution in [2.75, 3.05) is 14.2 Å². The van der Waals surface area contributed by atoms with E-state index in [-0.39, 0.29) is 16.5 Å². The van der Waals surface area contributed by atoms with Gasteiger partial charge >= 0.3 is 5.97 Å². The molecule has 0 aliphatic carbocycles. The highest BCUT2D eigenvalue weighted by Gasteiger charge is 2.41. The molecule has 0 radical (unpaired) electrons. The lowest BCUT2D eigenvalue weighted by Crippen LogP contribution is -2.42. The first kappa shape index (κ1) is 22.7. The molecule has 1 unspecified atom stereocenters. The molecule has 0 N–H and O–H groups in total. The van der Waals surface area contributed by atoms with Crippen LogP contribution in [0.2, 0.25) is 0 Å². The van der Waals surface area contributed by atoms with Crippen LogP contribution in [0.5, 0.6) is 17.4 Å². The lowest BCUT2D eigenvalue weighted by atomic mass is 10.1. The SMILES string of the molecule is COC(=O)C(C)N1C(=O)S/C(=C/c2ccc(Oc3ccc([N+](=O)[O-])cn3)c(OC)c2)C1=O. The van der Waals surface area contributed by atoms with Crippen molar-refractivity contribution in [1.82, 2.24) is 9.88 Å². The van der Waals surface area contributed by atoms with Crippen molar-refractivity contribution in [3.63, 3.8) is 0 Å². The van der Waals surface area contributed by atoms with Crippen LogP contribution in [0.1, 0.15) is 12.5 Å². The average Bonchev–Trinajstić information content (AvgIpc) is 3.06. The number of nitrogens with zero attached hydrogens (tertiary/aromatic N) is 3. The van der Waals surface area contributed by atoms with E-state index in [4.69, 9.17) is 9.47 Å². The van der Waals surface area contributed by atoms with Gasteiger partial charge in [0.05, 0.1) is 24.0 Å². The van der Waals surface area contributed by atoms with Crippen LogP contribution in [0, 0.1) is 10.1 Å². The summed E-state index contributed by atoms with van der Waals surface area (Å²) in [5.74, 6) is -0.581. The van der Waals surface area contributed by atoms with Crippen LogP contribution >= 0.6 is 11.8 Å². The van der Waals surface area contributed by atoms with Gasteiger partial charge in [-0.25, -0.2) is 9.78 Å². The van der Waals surface area contributed by atoms with Gasteiger partial charge in [0.25, 0.3) is 16.8 Å². The molecule has 12 heteroatoms. The lowest BCUT2D eigenvalue weighted by molar-refractivity contribution is -0.385. The predicted molar refractivity (Wildman–Crippen MR) is 113 cm³/mol. The van der Waals surface area contributed by atoms with E-state index in [1.165, 1.54) is 39.4 Å². The molecule has 1 fully saturated rings. The number of esters is 1. The molecule has 1 atom stereocenters. The number of thioether (sulfide) groups is 1. The van der Waals surface area contributed by atoms with Gasteiger partial charge in [-0.1, -0.05) is 6.07 Å². The first-order valence-corrected chi connectivity index (χ1v) is 9.88. The van der Waals surface area contributed by atoms with E-state index in [2.05, 4.69) is 9.72 Å². The first-order valence-electron chi connectivity index (χ1n) is 9.06. The van der Waals surface area contributed by atoms with Crippen molar-refractivity contribution < 1.29 is 33.5 Å². The number of benzene rings is 1. The fourth-order valence-electron chi connectivity index (χ4n) is 2.75. The zero-order valence-electron chi connectivity index (χ0n) is 17.1. The van der Waals surface area contributed by atoms with Gasteiger partial charge in [0.1, 0.15) is 12.2 Å². The minimum atomic E-state index is -1.04. The summed E-state index contributed by atoms with van der Waals surface area (Å²) >= 11 is 0.710. The molecule has 0 saturated carbocycles. The molecule has 1 aliphatic heterocycles. The van der Waals surface area contributed by atoms with Crippen molar-refractivity contribution in [3.8, 4) is 17.4 Å². The molecule has 32 heavy (non-hydrogen) atoms. The van der Waals surface area contributed by atoms with E-state index in [0.29, 0.717) is 28.8 Å². The number of ether oxygens (including phenoxy) is 3. The molecule has 2 aromatic rings. The molecule has 0 spiro atoms. The number of nitro groups is 1. The monoisotopic (exact) mass is 459 g/mol. The second-order valence-electron chi connectivity index (χ2n) is 6.37. The van der Waals surface area contributed by atoms with Gasteiger partial charge in [0.2, 0.25) is 5.88 Å². The molecule has 1 aromatic heterocycles. The molecule has 3 rings (SSSR count). The summed E-state index contributed by atoms with van der Waals surface area (Å²) in [7, 11) is 2.59. The van der Waals surface area contributed by atoms with Gasteiger partial charge in [0.15, 0.2) is 11.5 Å². The summed E-state index contributed by atoms with van der Waals surface area (Å²) < 4.78 is 15.5. The molecule has 166 valence electrons. The highest BCUT2D eigenvalue weighted by molar-refractivity contribution is 8.18. The zero-order valence-corrected chi connectivity index (χ0v) is 18.0. The quantitative estimate of drug-likeness (QED) is 0.262. The Hall–Kier alpha value is -3.93. The fourth-order valence-corrected chi connectivity index (χ4v) is 3.66. The topological polar surface area (TPSA) is 138 Å². The zero-order chi connectivity index (χ0) is 23.4. The number of amides is 2. The maximum absolute atomic E-state index is 12.6. The predicted octanol–water partition coefficient (Wildman–Crippen LogP) is 3.39. The Balaban J connectivity index is 1.82. The molecular formula is C20H17N3O8S. The second kappa shape index (κ2) is 9.47. The molecule has 2 heterocycles. The van der Waals surface area contributed by atoms with E-state index in [0.717, 1.165) is 11.1 Å². The number of carbonyl (C=O) groups is 3. The summed E-state index contributed by atoms with van der Waals surface area (Å²) in [6, 6.07) is 6.34. The summed E-state index contributed by atoms with van der Waals surface area (Å²) in [5, 5.41) is 10.2. The van der Waals surface area contributed by atoms with Crippen molar-refractivity contribution >= 4 is 40.6 Å². The van der Waals surface area contributed by atoms with E-state index in [1.807, 2.05) is 0 Å². The normalized spacial score (nSPS) is 15.6. The number of pyridine rings is 1. The maximum atomic E-state index is 12.6. The van der Waals surface area contributed by atoms with Crippen molar-refractivity contribution in [3.05, 3.63) is 57.1 Å². The Bertz CT molecular complexity index is 1120. The summed E-state index contributed by atoms with van der Waals surface area (Å²) in [5.41, 5.74) is 0.372. The number of aromatic nitrogens is 1. The molecule has 0 bridgehead atoms. The smallest absolute Gasteiger partial charge is 0.328 e. The molecule has 1 saturated heterocycles. The van der Waals surface area contributed by atoms with Crippen LogP contribution in [0.3, 0.4) is 0 Å². The summed E-state index contributed by atoms with van der Waals surface area (Å²) in [4.78, 5) is 51.6. The van der Waals surface area contributed by atoms with Crippen molar-refractivity contribution in [2.24, 2.45) is 0 Å². The molecular weight excluding hydrogens is 442 g/mol. The minimum Gasteiger partial charge on any atom is -0.493 e. The van der Waals surface area contributed by atoms with Gasteiger partial charge in [-0.05, 0) is 42.5 Å². The number of methoxy groups -OCH3 is 2. The highest BCUT2D eigenvalue weighted by atomic mass is 32.2. The lowest BCUT2D eigenvalue weighted by Gasteiger charge is -2.18. The molecule has 2 amide bonds. The largest absolute Gasteiger partial charge is 0.493 e. The van der Waals surface area contributed by atoms with E-state index < -0.39 is 28.1 Å². The number of hydrogen-bond acceptors (Lipinski definition) is 10. The number of carbonyl (C=O) groups excluding carboxylic acids is 3. The van der Waals surface area contributed by atoms with Gasteiger partial charge in [-0.3, -0.25) is 24.6 Å². The Labute approximate surface area is 186 Å². The van der Waals surface area contributed by atoms with Crippen LogP contribution in [0.15, 0.2) is 41.4 Å². The molecule has 1 aliphatic rings. The number of rotatable bonds is 7. The van der Waals surface area contributed by atoms with Crippen LogP contribution in [-0.4, -0.2) is 52.2 Å². The van der Waals surface area contributed by atoms with E-state index in [1.54, 1.807) is 18.2 Å². The highest BCUT2D eigenvalue weighted by Crippen LogP contribution is 2.36. The van der Waals surface area contributed by atoms with Crippen LogP contribution < -0.4 is 9.47 Å². The van der Waals surface area contributed by atoms with Crippen molar-refractivity contribution in [2.45, 2.75) is 13.0 Å².